The third-order valence-corrected chi connectivity index (χ3v) is 2.87. The first-order valence-electron chi connectivity index (χ1n) is 5.30. The number of nitrogens with zero attached hydrogens (tertiary/aromatic N) is 1. The number of nitrogen functional groups attached to an aromatic ring is 1. The topological polar surface area (TPSA) is 60.2 Å². The molecule has 82 valence electrons. The number of anilines is 2. The van der Waals surface area contributed by atoms with Crippen LogP contribution in [0.1, 0.15) is 19.3 Å². The predicted octanol–water partition coefficient (Wildman–Crippen LogP) is 1.64. The van der Waals surface area contributed by atoms with Crippen LogP contribution in [0.5, 0.6) is 0 Å². The largest absolute Gasteiger partial charge is 0.397 e. The van der Waals surface area contributed by atoms with E-state index in [1.807, 2.05) is 12.1 Å². The van der Waals surface area contributed by atoms with E-state index in [0.29, 0.717) is 17.8 Å². The zero-order chi connectivity index (χ0) is 10.7. The van der Waals surface area contributed by atoms with Crippen LogP contribution < -0.4 is 11.1 Å². The Bertz CT molecular complexity index is 312. The lowest BCUT2D eigenvalue weighted by Gasteiger charge is -2.20. The van der Waals surface area contributed by atoms with E-state index >= 15 is 0 Å². The van der Waals surface area contributed by atoms with Crippen LogP contribution in [0.25, 0.3) is 0 Å². The van der Waals surface area contributed by atoms with Crippen molar-refractivity contribution in [1.82, 2.24) is 4.98 Å². The zero-order valence-corrected chi connectivity index (χ0v) is 8.94. The summed E-state index contributed by atoms with van der Waals surface area (Å²) in [5.74, 6) is 0.873. The van der Waals surface area contributed by atoms with Crippen molar-refractivity contribution in [3.63, 3.8) is 0 Å². The van der Waals surface area contributed by atoms with Crippen LogP contribution in [0.3, 0.4) is 0 Å². The molecule has 1 aliphatic rings. The van der Waals surface area contributed by atoms with Gasteiger partial charge in [-0.15, -0.1) is 0 Å². The van der Waals surface area contributed by atoms with Gasteiger partial charge in [0.05, 0.1) is 24.0 Å². The Hall–Kier alpha value is -1.29. The van der Waals surface area contributed by atoms with Gasteiger partial charge in [-0.1, -0.05) is 0 Å². The van der Waals surface area contributed by atoms with E-state index in [0.717, 1.165) is 18.7 Å². The summed E-state index contributed by atoms with van der Waals surface area (Å²) in [5.41, 5.74) is 6.26. The zero-order valence-electron chi connectivity index (χ0n) is 8.94. The number of nitrogens with one attached hydrogen (secondary N) is 1. The van der Waals surface area contributed by atoms with E-state index in [1.54, 1.807) is 13.3 Å². The second kappa shape index (κ2) is 4.49. The highest BCUT2D eigenvalue weighted by atomic mass is 16.5. The Balaban J connectivity index is 1.99. The number of methoxy groups -OCH3 is 1. The monoisotopic (exact) mass is 207 g/mol. The molecule has 4 heteroatoms. The molecular formula is C11H17N3O. The van der Waals surface area contributed by atoms with E-state index in [9.17, 15) is 0 Å². The normalized spacial score (nSPS) is 25.4. The quantitative estimate of drug-likeness (QED) is 0.791. The molecule has 1 heterocycles. The standard InChI is InChI=1S/C11H17N3O/c1-15-10-4-2-3-9(10)14-11-6-5-8(12)7-13-11/h5-7,9-10H,2-4,12H2,1H3,(H,13,14). The summed E-state index contributed by atoms with van der Waals surface area (Å²) in [6.07, 6.45) is 5.46. The molecule has 1 fully saturated rings. The Morgan fingerprint density at radius 3 is 3.00 bits per heavy atom. The molecule has 0 aromatic carbocycles. The molecule has 0 bridgehead atoms. The molecule has 2 rings (SSSR count). The summed E-state index contributed by atoms with van der Waals surface area (Å²) in [5, 5.41) is 3.38. The molecule has 2 atom stereocenters. The Kier molecular flexibility index (Phi) is 3.06. The van der Waals surface area contributed by atoms with Gasteiger partial charge in [0.1, 0.15) is 5.82 Å². The maximum absolute atomic E-state index is 5.57. The van der Waals surface area contributed by atoms with Gasteiger partial charge in [-0.25, -0.2) is 4.98 Å². The smallest absolute Gasteiger partial charge is 0.126 e. The van der Waals surface area contributed by atoms with Gasteiger partial charge >= 0.3 is 0 Å². The van der Waals surface area contributed by atoms with Crippen molar-refractivity contribution < 1.29 is 4.74 Å². The van der Waals surface area contributed by atoms with E-state index < -0.39 is 0 Å². The first-order valence-corrected chi connectivity index (χ1v) is 5.30. The summed E-state index contributed by atoms with van der Waals surface area (Å²) in [6.45, 7) is 0. The fourth-order valence-electron chi connectivity index (χ4n) is 2.05. The van der Waals surface area contributed by atoms with E-state index in [2.05, 4.69) is 10.3 Å². The molecule has 1 aliphatic carbocycles. The van der Waals surface area contributed by atoms with Crippen LogP contribution >= 0.6 is 0 Å². The van der Waals surface area contributed by atoms with E-state index in [-0.39, 0.29) is 0 Å². The fraction of sp³-hybridized carbons (Fsp3) is 0.545. The van der Waals surface area contributed by atoms with Gasteiger partial charge in [-0.05, 0) is 31.4 Å². The Morgan fingerprint density at radius 1 is 1.47 bits per heavy atom. The third-order valence-electron chi connectivity index (χ3n) is 2.87. The van der Waals surface area contributed by atoms with Crippen molar-refractivity contribution in [2.24, 2.45) is 0 Å². The molecule has 0 radical (unpaired) electrons. The first kappa shape index (κ1) is 10.2. The number of hydrogen-bond donors (Lipinski definition) is 2. The molecule has 0 amide bonds. The molecule has 0 spiro atoms. The predicted molar refractivity (Wildman–Crippen MR) is 60.7 cm³/mol. The highest BCUT2D eigenvalue weighted by Gasteiger charge is 2.26. The highest BCUT2D eigenvalue weighted by Crippen LogP contribution is 2.24. The van der Waals surface area contributed by atoms with Crippen molar-refractivity contribution in [1.29, 1.82) is 0 Å². The van der Waals surface area contributed by atoms with Crippen molar-refractivity contribution in [2.75, 3.05) is 18.2 Å². The Labute approximate surface area is 89.8 Å². The molecule has 0 aliphatic heterocycles. The SMILES string of the molecule is COC1CCCC1Nc1ccc(N)cn1. The lowest BCUT2D eigenvalue weighted by Crippen LogP contribution is -2.30. The summed E-state index contributed by atoms with van der Waals surface area (Å²) in [6, 6.07) is 4.14. The first-order chi connectivity index (χ1) is 7.29. The molecule has 1 aromatic heterocycles. The van der Waals surface area contributed by atoms with Crippen LogP contribution in [0, 0.1) is 0 Å². The van der Waals surface area contributed by atoms with Crippen LogP contribution in [-0.4, -0.2) is 24.2 Å². The van der Waals surface area contributed by atoms with E-state index in [1.165, 1.54) is 6.42 Å². The number of pyridine rings is 1. The van der Waals surface area contributed by atoms with Crippen molar-refractivity contribution in [3.05, 3.63) is 18.3 Å². The van der Waals surface area contributed by atoms with Crippen LogP contribution in [0.2, 0.25) is 0 Å². The fourth-order valence-corrected chi connectivity index (χ4v) is 2.05. The number of hydrogen-bond acceptors (Lipinski definition) is 4. The summed E-state index contributed by atoms with van der Waals surface area (Å²) >= 11 is 0. The molecule has 15 heavy (non-hydrogen) atoms. The van der Waals surface area contributed by atoms with Gasteiger partial charge in [-0.2, -0.15) is 0 Å². The molecule has 2 unspecified atom stereocenters. The minimum Gasteiger partial charge on any atom is -0.397 e. The molecule has 0 saturated heterocycles. The van der Waals surface area contributed by atoms with Crippen LogP contribution in [0.15, 0.2) is 18.3 Å². The van der Waals surface area contributed by atoms with Gasteiger partial charge < -0.3 is 15.8 Å². The van der Waals surface area contributed by atoms with Gasteiger partial charge in [-0.3, -0.25) is 0 Å². The van der Waals surface area contributed by atoms with Gasteiger partial charge in [0, 0.05) is 7.11 Å². The van der Waals surface area contributed by atoms with Gasteiger partial charge in [0.2, 0.25) is 0 Å². The summed E-state index contributed by atoms with van der Waals surface area (Å²) < 4.78 is 5.40. The maximum atomic E-state index is 5.57. The maximum Gasteiger partial charge on any atom is 0.126 e. The minimum absolute atomic E-state index is 0.310. The Morgan fingerprint density at radius 2 is 2.33 bits per heavy atom. The van der Waals surface area contributed by atoms with Crippen molar-refractivity contribution in [3.8, 4) is 0 Å². The number of nitrogens with two attached hydrogens (primary N) is 1. The third kappa shape index (κ3) is 2.39. The number of aromatic nitrogens is 1. The van der Waals surface area contributed by atoms with Crippen molar-refractivity contribution in [2.45, 2.75) is 31.4 Å². The second-order valence-electron chi connectivity index (χ2n) is 3.93. The molecule has 1 saturated carbocycles. The molecule has 4 nitrogen and oxygen atoms in total. The molecule has 1 aromatic rings. The number of rotatable bonds is 3. The van der Waals surface area contributed by atoms with Crippen LogP contribution in [0.4, 0.5) is 11.5 Å². The lowest BCUT2D eigenvalue weighted by molar-refractivity contribution is 0.101. The van der Waals surface area contributed by atoms with Gasteiger partial charge in [0.15, 0.2) is 0 Å². The van der Waals surface area contributed by atoms with Gasteiger partial charge in [0.25, 0.3) is 0 Å². The summed E-state index contributed by atoms with van der Waals surface area (Å²) in [4.78, 5) is 4.22. The second-order valence-corrected chi connectivity index (χ2v) is 3.93. The van der Waals surface area contributed by atoms with Crippen molar-refractivity contribution >= 4 is 11.5 Å². The van der Waals surface area contributed by atoms with Crippen LogP contribution in [-0.2, 0) is 4.74 Å². The molecule has 3 N–H and O–H groups in total. The molecular weight excluding hydrogens is 190 g/mol. The number of ether oxygens (including phenoxy) is 1. The van der Waals surface area contributed by atoms with E-state index in [4.69, 9.17) is 10.5 Å². The average molecular weight is 207 g/mol. The average Bonchev–Trinajstić information content (AvgIpc) is 2.69. The minimum atomic E-state index is 0.310. The highest BCUT2D eigenvalue weighted by molar-refractivity contribution is 5.44. The summed E-state index contributed by atoms with van der Waals surface area (Å²) in [7, 11) is 1.76. The lowest BCUT2D eigenvalue weighted by atomic mass is 10.2.